The van der Waals surface area contributed by atoms with E-state index in [1.165, 1.54) is 23.2 Å². The summed E-state index contributed by atoms with van der Waals surface area (Å²) < 4.78 is 8.60. The van der Waals surface area contributed by atoms with Crippen LogP contribution < -0.4 is 11.2 Å². The third-order valence-electron chi connectivity index (χ3n) is 3.01. The van der Waals surface area contributed by atoms with E-state index >= 15 is 0 Å². The van der Waals surface area contributed by atoms with Crippen molar-refractivity contribution >= 4 is 28.7 Å². The van der Waals surface area contributed by atoms with Gasteiger partial charge in [0.15, 0.2) is 11.2 Å². The van der Waals surface area contributed by atoms with Crippen molar-refractivity contribution in [2.45, 2.75) is 32.9 Å². The minimum absolute atomic E-state index is 0.0563. The summed E-state index contributed by atoms with van der Waals surface area (Å²) in [4.78, 5) is 40.1. The van der Waals surface area contributed by atoms with Crippen LogP contribution in [0, 0.1) is 0 Å². The number of ether oxygens (including phenoxy) is 1. The zero-order chi connectivity index (χ0) is 16.8. The first-order chi connectivity index (χ1) is 10.0. The van der Waals surface area contributed by atoms with Gasteiger partial charge < -0.3 is 4.74 Å². The average molecular weight is 329 g/mol. The SMILES string of the molecule is Cn1c(=O)c2c(nc(Cl)n2CC(=O)OC(C)(C)C)n(C)c1=O. The van der Waals surface area contributed by atoms with Crippen molar-refractivity contribution in [1.29, 1.82) is 0 Å². The van der Waals surface area contributed by atoms with E-state index in [1.54, 1.807) is 20.8 Å². The highest BCUT2D eigenvalue weighted by Gasteiger charge is 2.22. The lowest BCUT2D eigenvalue weighted by Gasteiger charge is -2.19. The quantitative estimate of drug-likeness (QED) is 0.589. The van der Waals surface area contributed by atoms with Crippen molar-refractivity contribution in [3.05, 3.63) is 26.1 Å². The van der Waals surface area contributed by atoms with Gasteiger partial charge in [-0.25, -0.2) is 4.79 Å². The predicted octanol–water partition coefficient (Wildman–Crippen LogP) is 0.429. The summed E-state index contributed by atoms with van der Waals surface area (Å²) in [5.41, 5.74) is -1.53. The van der Waals surface area contributed by atoms with Gasteiger partial charge in [-0.15, -0.1) is 0 Å². The topological polar surface area (TPSA) is 88.1 Å². The van der Waals surface area contributed by atoms with Crippen LogP contribution >= 0.6 is 11.6 Å². The molecule has 0 fully saturated rings. The van der Waals surface area contributed by atoms with Crippen LogP contribution in [0.1, 0.15) is 20.8 Å². The summed E-state index contributed by atoms with van der Waals surface area (Å²) in [7, 11) is 2.83. The molecule has 2 aromatic heterocycles. The second-order valence-electron chi connectivity index (χ2n) is 5.93. The molecule has 0 saturated heterocycles. The number of esters is 1. The number of carbonyl (C=O) groups is 1. The normalized spacial score (nSPS) is 11.9. The lowest BCUT2D eigenvalue weighted by Crippen LogP contribution is -2.38. The van der Waals surface area contributed by atoms with E-state index in [9.17, 15) is 14.4 Å². The Morgan fingerprint density at radius 2 is 1.82 bits per heavy atom. The molecular formula is C13H17ClN4O4. The molecule has 2 aromatic rings. The molecule has 0 aromatic carbocycles. The fraction of sp³-hybridized carbons (Fsp3) is 0.538. The number of hydrogen-bond acceptors (Lipinski definition) is 5. The number of halogens is 1. The molecule has 0 radical (unpaired) electrons. The van der Waals surface area contributed by atoms with Gasteiger partial charge in [0.05, 0.1) is 0 Å². The van der Waals surface area contributed by atoms with E-state index in [2.05, 4.69) is 4.98 Å². The van der Waals surface area contributed by atoms with E-state index in [4.69, 9.17) is 16.3 Å². The van der Waals surface area contributed by atoms with Gasteiger partial charge in [0.2, 0.25) is 5.28 Å². The second kappa shape index (κ2) is 5.28. The van der Waals surface area contributed by atoms with E-state index in [0.29, 0.717) is 0 Å². The first-order valence-corrected chi connectivity index (χ1v) is 6.94. The number of carbonyl (C=O) groups excluding carboxylic acids is 1. The van der Waals surface area contributed by atoms with Gasteiger partial charge in [0, 0.05) is 14.1 Å². The van der Waals surface area contributed by atoms with Crippen molar-refractivity contribution in [1.82, 2.24) is 18.7 Å². The maximum atomic E-state index is 12.3. The predicted molar refractivity (Wildman–Crippen MR) is 81.1 cm³/mol. The van der Waals surface area contributed by atoms with E-state index < -0.39 is 22.8 Å². The molecule has 0 aliphatic rings. The summed E-state index contributed by atoms with van der Waals surface area (Å²) in [5, 5.41) is -0.0563. The Morgan fingerprint density at radius 1 is 1.23 bits per heavy atom. The summed E-state index contributed by atoms with van der Waals surface area (Å²) in [6.07, 6.45) is 0. The number of fused-ring (bicyclic) bond motifs is 1. The molecule has 0 atom stereocenters. The van der Waals surface area contributed by atoms with Gasteiger partial charge in [-0.2, -0.15) is 4.98 Å². The number of hydrogen-bond donors (Lipinski definition) is 0. The Morgan fingerprint density at radius 3 is 2.36 bits per heavy atom. The van der Waals surface area contributed by atoms with Crippen LogP contribution in [0.2, 0.25) is 5.28 Å². The highest BCUT2D eigenvalue weighted by molar-refractivity contribution is 6.29. The Balaban J connectivity index is 2.61. The monoisotopic (exact) mass is 328 g/mol. The number of aromatic nitrogens is 4. The molecule has 0 amide bonds. The third-order valence-corrected chi connectivity index (χ3v) is 3.30. The van der Waals surface area contributed by atoms with Crippen LogP contribution in [0.15, 0.2) is 9.59 Å². The Hall–Kier alpha value is -2.09. The van der Waals surface area contributed by atoms with Crippen molar-refractivity contribution < 1.29 is 9.53 Å². The molecular weight excluding hydrogens is 312 g/mol. The van der Waals surface area contributed by atoms with Gasteiger partial charge in [-0.3, -0.25) is 23.3 Å². The summed E-state index contributed by atoms with van der Waals surface area (Å²) >= 11 is 6.01. The van der Waals surface area contributed by atoms with Crippen LogP contribution in [-0.4, -0.2) is 30.3 Å². The van der Waals surface area contributed by atoms with E-state index in [-0.39, 0.29) is 23.0 Å². The molecule has 0 saturated carbocycles. The largest absolute Gasteiger partial charge is 0.459 e. The highest BCUT2D eigenvalue weighted by Crippen LogP contribution is 2.16. The minimum Gasteiger partial charge on any atom is -0.459 e. The molecule has 22 heavy (non-hydrogen) atoms. The van der Waals surface area contributed by atoms with Gasteiger partial charge in [-0.1, -0.05) is 0 Å². The molecule has 0 aliphatic carbocycles. The first-order valence-electron chi connectivity index (χ1n) is 6.56. The van der Waals surface area contributed by atoms with Crippen LogP contribution in [0.5, 0.6) is 0 Å². The third kappa shape index (κ3) is 2.78. The Kier molecular flexibility index (Phi) is 3.90. The Bertz CT molecular complexity index is 869. The second-order valence-corrected chi connectivity index (χ2v) is 6.27. The summed E-state index contributed by atoms with van der Waals surface area (Å²) in [6, 6.07) is 0. The molecule has 0 unspecified atom stereocenters. The maximum absolute atomic E-state index is 12.3. The van der Waals surface area contributed by atoms with Crippen LogP contribution in [0.4, 0.5) is 0 Å². The number of nitrogens with zero attached hydrogens (tertiary/aromatic N) is 4. The van der Waals surface area contributed by atoms with Crippen LogP contribution in [-0.2, 0) is 30.2 Å². The summed E-state index contributed by atoms with van der Waals surface area (Å²) in [5.74, 6) is -0.551. The summed E-state index contributed by atoms with van der Waals surface area (Å²) in [6.45, 7) is 4.95. The van der Waals surface area contributed by atoms with Gasteiger partial charge in [0.1, 0.15) is 12.1 Å². The number of imidazole rings is 1. The fourth-order valence-corrected chi connectivity index (χ4v) is 2.29. The number of aryl methyl sites for hydroxylation is 1. The van der Waals surface area contributed by atoms with Crippen molar-refractivity contribution in [3.8, 4) is 0 Å². The molecule has 0 bridgehead atoms. The van der Waals surface area contributed by atoms with E-state index in [1.807, 2.05) is 0 Å². The lowest BCUT2D eigenvalue weighted by molar-refractivity contribution is -0.155. The molecule has 2 heterocycles. The molecule has 9 heteroatoms. The smallest absolute Gasteiger partial charge is 0.332 e. The Labute approximate surface area is 130 Å². The number of rotatable bonds is 2. The minimum atomic E-state index is -0.655. The molecule has 2 rings (SSSR count). The van der Waals surface area contributed by atoms with Crippen molar-refractivity contribution in [2.24, 2.45) is 14.1 Å². The lowest BCUT2D eigenvalue weighted by atomic mass is 10.2. The van der Waals surface area contributed by atoms with E-state index in [0.717, 1.165) is 4.57 Å². The van der Waals surface area contributed by atoms with Crippen LogP contribution in [0.25, 0.3) is 11.2 Å². The zero-order valence-electron chi connectivity index (χ0n) is 13.0. The zero-order valence-corrected chi connectivity index (χ0v) is 13.8. The maximum Gasteiger partial charge on any atom is 0.332 e. The standard InChI is InChI=1S/C13H17ClN4O4/c1-13(2,3)22-7(19)6-18-8-9(15-11(18)14)16(4)12(21)17(5)10(8)20/h6H2,1-5H3. The van der Waals surface area contributed by atoms with Crippen molar-refractivity contribution in [3.63, 3.8) is 0 Å². The fourth-order valence-electron chi connectivity index (χ4n) is 2.07. The molecule has 8 nitrogen and oxygen atoms in total. The molecule has 0 aliphatic heterocycles. The first kappa shape index (κ1) is 16.3. The van der Waals surface area contributed by atoms with Gasteiger partial charge >= 0.3 is 11.7 Å². The molecule has 120 valence electrons. The van der Waals surface area contributed by atoms with Crippen LogP contribution in [0.3, 0.4) is 0 Å². The van der Waals surface area contributed by atoms with Gasteiger partial charge in [0.25, 0.3) is 5.56 Å². The molecule has 0 N–H and O–H groups in total. The average Bonchev–Trinajstić information content (AvgIpc) is 2.69. The molecule has 0 spiro atoms. The van der Waals surface area contributed by atoms with Crippen molar-refractivity contribution in [2.75, 3.05) is 0 Å². The highest BCUT2D eigenvalue weighted by atomic mass is 35.5. The van der Waals surface area contributed by atoms with Gasteiger partial charge in [-0.05, 0) is 32.4 Å².